The second kappa shape index (κ2) is 12.8. The molecule has 3 heterocycles. The minimum atomic E-state index is -0.489. The monoisotopic (exact) mass is 572 g/mol. The van der Waals surface area contributed by atoms with Gasteiger partial charge in [0.15, 0.2) is 5.96 Å². The first-order valence-electron chi connectivity index (χ1n) is 11.7. The third-order valence-corrected chi connectivity index (χ3v) is 5.81. The lowest BCUT2D eigenvalue weighted by Gasteiger charge is -2.47. The number of ether oxygens (including phenoxy) is 1. The Morgan fingerprint density at radius 3 is 2.30 bits per heavy atom. The molecule has 0 aromatic heterocycles. The quantitative estimate of drug-likeness (QED) is 0.298. The van der Waals surface area contributed by atoms with E-state index in [0.717, 1.165) is 36.7 Å². The summed E-state index contributed by atoms with van der Waals surface area (Å²) in [5, 5.41) is 6.88. The second-order valence-electron chi connectivity index (χ2n) is 9.72. The standard InChI is InChI=1S/C24H40N6O2.HI/c1-6-25-22(27-16-21-18-29-11-13-30(21)14-12-29)26-15-19-7-9-20(10-8-19)17-28(5)23(31)32-24(2,3)4;/h7-10,21H,6,11-18H2,1-5H3,(H2,25,26,27);1H. The number of hydrogen-bond acceptors (Lipinski definition) is 5. The van der Waals surface area contributed by atoms with Gasteiger partial charge in [-0.25, -0.2) is 9.79 Å². The molecule has 4 rings (SSSR count). The molecule has 33 heavy (non-hydrogen) atoms. The van der Waals surface area contributed by atoms with Crippen LogP contribution in [-0.4, -0.2) is 91.3 Å². The molecule has 2 N–H and O–H groups in total. The van der Waals surface area contributed by atoms with Crippen LogP contribution in [0.3, 0.4) is 0 Å². The highest BCUT2D eigenvalue weighted by molar-refractivity contribution is 14.0. The Morgan fingerprint density at radius 1 is 1.12 bits per heavy atom. The molecule has 0 spiro atoms. The van der Waals surface area contributed by atoms with Crippen LogP contribution < -0.4 is 10.6 Å². The topological polar surface area (TPSA) is 72.4 Å². The number of hydrogen-bond donors (Lipinski definition) is 2. The lowest BCUT2D eigenvalue weighted by Crippen LogP contribution is -2.63. The van der Waals surface area contributed by atoms with Crippen LogP contribution in [0.1, 0.15) is 38.8 Å². The van der Waals surface area contributed by atoms with Gasteiger partial charge in [0.1, 0.15) is 5.60 Å². The molecule has 0 saturated carbocycles. The highest BCUT2D eigenvalue weighted by atomic mass is 127. The first-order valence-corrected chi connectivity index (χ1v) is 11.7. The van der Waals surface area contributed by atoms with Gasteiger partial charge < -0.3 is 20.3 Å². The molecule has 3 fully saturated rings. The number of guanidine groups is 1. The predicted octanol–water partition coefficient (Wildman–Crippen LogP) is 2.73. The molecule has 1 amide bonds. The van der Waals surface area contributed by atoms with Gasteiger partial charge in [0, 0.05) is 65.4 Å². The zero-order valence-electron chi connectivity index (χ0n) is 20.8. The van der Waals surface area contributed by atoms with E-state index in [0.29, 0.717) is 19.1 Å². The smallest absolute Gasteiger partial charge is 0.410 e. The van der Waals surface area contributed by atoms with E-state index in [4.69, 9.17) is 9.73 Å². The summed E-state index contributed by atoms with van der Waals surface area (Å²) >= 11 is 0. The number of carbonyl (C=O) groups is 1. The van der Waals surface area contributed by atoms with Crippen LogP contribution in [0.4, 0.5) is 4.79 Å². The summed E-state index contributed by atoms with van der Waals surface area (Å²) in [7, 11) is 1.76. The summed E-state index contributed by atoms with van der Waals surface area (Å²) < 4.78 is 5.42. The van der Waals surface area contributed by atoms with Crippen LogP contribution in [0.2, 0.25) is 0 Å². The average Bonchev–Trinajstić information content (AvgIpc) is 2.76. The van der Waals surface area contributed by atoms with Crippen molar-refractivity contribution in [2.45, 2.75) is 52.4 Å². The van der Waals surface area contributed by atoms with Gasteiger partial charge in [-0.3, -0.25) is 9.80 Å². The molecule has 2 bridgehead atoms. The predicted molar refractivity (Wildman–Crippen MR) is 144 cm³/mol. The lowest BCUT2D eigenvalue weighted by molar-refractivity contribution is 0.0154. The maximum atomic E-state index is 12.2. The Hall–Kier alpha value is -1.59. The zero-order valence-corrected chi connectivity index (χ0v) is 23.1. The Labute approximate surface area is 216 Å². The van der Waals surface area contributed by atoms with E-state index in [-0.39, 0.29) is 30.1 Å². The largest absolute Gasteiger partial charge is 0.444 e. The van der Waals surface area contributed by atoms with Crippen molar-refractivity contribution in [3.8, 4) is 0 Å². The number of nitrogens with zero attached hydrogens (tertiary/aromatic N) is 4. The van der Waals surface area contributed by atoms with E-state index in [9.17, 15) is 4.79 Å². The molecule has 3 aliphatic rings. The summed E-state index contributed by atoms with van der Waals surface area (Å²) in [6.45, 7) is 16.5. The Balaban J connectivity index is 0.00000385. The minimum absolute atomic E-state index is 0. The molecule has 1 unspecified atom stereocenters. The third kappa shape index (κ3) is 8.94. The number of carbonyl (C=O) groups excluding carboxylic acids is 1. The first kappa shape index (κ1) is 27.7. The van der Waals surface area contributed by atoms with Crippen molar-refractivity contribution in [1.29, 1.82) is 0 Å². The van der Waals surface area contributed by atoms with E-state index in [1.165, 1.54) is 26.2 Å². The van der Waals surface area contributed by atoms with Crippen LogP contribution in [-0.2, 0) is 17.8 Å². The Morgan fingerprint density at radius 2 is 1.76 bits per heavy atom. The summed E-state index contributed by atoms with van der Waals surface area (Å²) in [6.07, 6.45) is -0.313. The van der Waals surface area contributed by atoms with E-state index >= 15 is 0 Å². The van der Waals surface area contributed by atoms with Crippen molar-refractivity contribution < 1.29 is 9.53 Å². The maximum absolute atomic E-state index is 12.2. The van der Waals surface area contributed by atoms with E-state index in [2.05, 4.69) is 39.5 Å². The van der Waals surface area contributed by atoms with E-state index < -0.39 is 5.60 Å². The molecule has 3 aliphatic heterocycles. The molecule has 8 nitrogen and oxygen atoms in total. The average molecular weight is 573 g/mol. The summed E-state index contributed by atoms with van der Waals surface area (Å²) in [5.74, 6) is 0.860. The number of benzene rings is 1. The Bertz CT molecular complexity index is 772. The van der Waals surface area contributed by atoms with Gasteiger partial charge in [-0.2, -0.15) is 0 Å². The maximum Gasteiger partial charge on any atom is 0.410 e. The molecule has 186 valence electrons. The van der Waals surface area contributed by atoms with Gasteiger partial charge in [0.25, 0.3) is 0 Å². The summed E-state index contributed by atoms with van der Waals surface area (Å²) in [4.78, 5) is 23.7. The van der Waals surface area contributed by atoms with Crippen LogP contribution >= 0.6 is 24.0 Å². The van der Waals surface area contributed by atoms with Crippen LogP contribution in [0.15, 0.2) is 29.3 Å². The van der Waals surface area contributed by atoms with Gasteiger partial charge in [-0.1, -0.05) is 24.3 Å². The molecular formula is C24H41IN6O2. The van der Waals surface area contributed by atoms with Gasteiger partial charge in [0.2, 0.25) is 0 Å². The fraction of sp³-hybridized carbons (Fsp3) is 0.667. The fourth-order valence-electron chi connectivity index (χ4n) is 4.07. The molecule has 1 aromatic rings. The molecule has 1 aromatic carbocycles. The number of nitrogens with one attached hydrogen (secondary N) is 2. The van der Waals surface area contributed by atoms with Crippen molar-refractivity contribution in [2.75, 3.05) is 52.9 Å². The van der Waals surface area contributed by atoms with E-state index in [1.54, 1.807) is 11.9 Å². The van der Waals surface area contributed by atoms with Crippen molar-refractivity contribution >= 4 is 36.0 Å². The number of piperazine rings is 3. The summed E-state index contributed by atoms with van der Waals surface area (Å²) in [5.41, 5.74) is 1.71. The normalized spacial score (nSPS) is 22.3. The number of fused-ring (bicyclic) bond motifs is 3. The number of aliphatic imine (C=N–C) groups is 1. The first-order chi connectivity index (χ1) is 15.2. The lowest BCUT2D eigenvalue weighted by atomic mass is 10.1. The SMILES string of the molecule is CCNC(=NCc1ccc(CN(C)C(=O)OC(C)(C)C)cc1)NCC1CN2CCN1CC2.I. The van der Waals surface area contributed by atoms with Crippen LogP contribution in [0.25, 0.3) is 0 Å². The van der Waals surface area contributed by atoms with Gasteiger partial charge in [-0.15, -0.1) is 24.0 Å². The van der Waals surface area contributed by atoms with Crippen molar-refractivity contribution in [1.82, 2.24) is 25.3 Å². The van der Waals surface area contributed by atoms with Crippen molar-refractivity contribution in [3.63, 3.8) is 0 Å². The molecular weight excluding hydrogens is 531 g/mol. The van der Waals surface area contributed by atoms with Crippen LogP contribution in [0, 0.1) is 0 Å². The van der Waals surface area contributed by atoms with Gasteiger partial charge >= 0.3 is 6.09 Å². The summed E-state index contributed by atoms with van der Waals surface area (Å²) in [6, 6.07) is 8.80. The second-order valence-corrected chi connectivity index (χ2v) is 9.72. The van der Waals surface area contributed by atoms with Crippen molar-refractivity contribution in [3.05, 3.63) is 35.4 Å². The van der Waals surface area contributed by atoms with Crippen molar-refractivity contribution in [2.24, 2.45) is 4.99 Å². The number of rotatable bonds is 7. The number of halogens is 1. The molecule has 0 aliphatic carbocycles. The molecule has 9 heteroatoms. The zero-order chi connectivity index (χ0) is 23.1. The molecule has 0 radical (unpaired) electrons. The molecule has 1 atom stereocenters. The van der Waals surface area contributed by atoms with Gasteiger partial charge in [0.05, 0.1) is 6.54 Å². The third-order valence-electron chi connectivity index (χ3n) is 5.81. The van der Waals surface area contributed by atoms with E-state index in [1.807, 2.05) is 32.9 Å². The minimum Gasteiger partial charge on any atom is -0.444 e. The highest BCUT2D eigenvalue weighted by Gasteiger charge is 2.31. The Kier molecular flexibility index (Phi) is 10.7. The molecule has 3 saturated heterocycles. The highest BCUT2D eigenvalue weighted by Crippen LogP contribution is 2.15. The fourth-order valence-corrected chi connectivity index (χ4v) is 4.07. The van der Waals surface area contributed by atoms with Gasteiger partial charge in [-0.05, 0) is 38.8 Å². The number of amides is 1. The van der Waals surface area contributed by atoms with Crippen LogP contribution in [0.5, 0.6) is 0 Å².